The fraction of sp³-hybridized carbons (Fsp3) is 0.588. The number of hydrogen-bond acceptors (Lipinski definition) is 5. The zero-order valence-electron chi connectivity index (χ0n) is 14.3. The molecule has 1 aliphatic heterocycles. The first kappa shape index (κ1) is 18.9. The molecule has 0 unspecified atom stereocenters. The van der Waals surface area contributed by atoms with E-state index in [0.29, 0.717) is 5.92 Å². The third-order valence-corrected chi connectivity index (χ3v) is 6.09. The Labute approximate surface area is 144 Å². The fourth-order valence-electron chi connectivity index (χ4n) is 2.87. The molecule has 0 aromatic heterocycles. The minimum atomic E-state index is -3.68. The van der Waals surface area contributed by atoms with Crippen LogP contribution in [0.15, 0.2) is 29.2 Å². The standard InChI is InChI=1S/C17H26N2O4S/c1-3-23-17(20)13-19(2)24(21,22)16-6-4-14(5-7-16)12-15-8-10-18-11-9-15/h4-7,15,18H,3,8-13H2,1-2H3. The van der Waals surface area contributed by atoms with Crippen molar-refractivity contribution >= 4 is 16.0 Å². The summed E-state index contributed by atoms with van der Waals surface area (Å²) >= 11 is 0. The number of hydrogen-bond donors (Lipinski definition) is 1. The van der Waals surface area contributed by atoms with E-state index in [1.807, 2.05) is 12.1 Å². The summed E-state index contributed by atoms with van der Waals surface area (Å²) in [7, 11) is -2.30. The van der Waals surface area contributed by atoms with Gasteiger partial charge in [0.25, 0.3) is 0 Å². The van der Waals surface area contributed by atoms with Crippen molar-refractivity contribution in [2.45, 2.75) is 31.1 Å². The monoisotopic (exact) mass is 354 g/mol. The minimum Gasteiger partial charge on any atom is -0.465 e. The number of carbonyl (C=O) groups excluding carboxylic acids is 1. The summed E-state index contributed by atoms with van der Waals surface area (Å²) in [5, 5.41) is 3.34. The smallest absolute Gasteiger partial charge is 0.321 e. The van der Waals surface area contributed by atoms with E-state index in [1.165, 1.54) is 7.05 Å². The molecule has 1 N–H and O–H groups in total. The summed E-state index contributed by atoms with van der Waals surface area (Å²) in [4.78, 5) is 11.7. The second kappa shape index (κ2) is 8.60. The number of carbonyl (C=O) groups is 1. The Hall–Kier alpha value is -1.44. The first-order chi connectivity index (χ1) is 11.4. The first-order valence-electron chi connectivity index (χ1n) is 8.35. The summed E-state index contributed by atoms with van der Waals surface area (Å²) < 4.78 is 30.8. The van der Waals surface area contributed by atoms with Crippen molar-refractivity contribution in [1.29, 1.82) is 0 Å². The molecule has 0 aliphatic carbocycles. The van der Waals surface area contributed by atoms with Crippen LogP contribution in [0.3, 0.4) is 0 Å². The third kappa shape index (κ3) is 5.03. The zero-order valence-corrected chi connectivity index (χ0v) is 15.1. The summed E-state index contributed by atoms with van der Waals surface area (Å²) in [5.74, 6) is 0.103. The predicted molar refractivity (Wildman–Crippen MR) is 92.2 cm³/mol. The molecule has 24 heavy (non-hydrogen) atoms. The summed E-state index contributed by atoms with van der Waals surface area (Å²) in [6, 6.07) is 6.97. The van der Waals surface area contributed by atoms with Gasteiger partial charge in [0, 0.05) is 7.05 Å². The molecule has 0 spiro atoms. The van der Waals surface area contributed by atoms with Crippen LogP contribution in [-0.4, -0.2) is 52.0 Å². The zero-order chi connectivity index (χ0) is 17.6. The Bertz CT molecular complexity index is 637. The van der Waals surface area contributed by atoms with Crippen LogP contribution < -0.4 is 5.32 Å². The molecule has 2 rings (SSSR count). The maximum absolute atomic E-state index is 12.5. The van der Waals surface area contributed by atoms with E-state index in [1.54, 1.807) is 19.1 Å². The number of benzene rings is 1. The van der Waals surface area contributed by atoms with Gasteiger partial charge >= 0.3 is 5.97 Å². The number of piperidine rings is 1. The highest BCUT2D eigenvalue weighted by Gasteiger charge is 2.23. The number of esters is 1. The predicted octanol–water partition coefficient (Wildman–Crippen LogP) is 1.41. The fourth-order valence-corrected chi connectivity index (χ4v) is 3.99. The normalized spacial score (nSPS) is 16.3. The summed E-state index contributed by atoms with van der Waals surface area (Å²) in [5.41, 5.74) is 1.15. The SMILES string of the molecule is CCOC(=O)CN(C)S(=O)(=O)c1ccc(CC2CCNCC2)cc1. The van der Waals surface area contributed by atoms with E-state index in [9.17, 15) is 13.2 Å². The van der Waals surface area contributed by atoms with Crippen LogP contribution >= 0.6 is 0 Å². The van der Waals surface area contributed by atoms with Gasteiger partial charge in [-0.2, -0.15) is 4.31 Å². The van der Waals surface area contributed by atoms with Crippen LogP contribution in [0, 0.1) is 5.92 Å². The van der Waals surface area contributed by atoms with Gasteiger partial charge in [0.05, 0.1) is 11.5 Å². The van der Waals surface area contributed by atoms with Gasteiger partial charge in [0.2, 0.25) is 10.0 Å². The molecule has 0 atom stereocenters. The van der Waals surface area contributed by atoms with Crippen molar-refractivity contribution in [2.24, 2.45) is 5.92 Å². The average molecular weight is 354 g/mol. The lowest BCUT2D eigenvalue weighted by Gasteiger charge is -2.22. The largest absolute Gasteiger partial charge is 0.465 e. The second-order valence-electron chi connectivity index (χ2n) is 6.11. The molecule has 1 aromatic rings. The topological polar surface area (TPSA) is 75.7 Å². The molecule has 7 heteroatoms. The minimum absolute atomic E-state index is 0.198. The van der Waals surface area contributed by atoms with E-state index in [2.05, 4.69) is 5.32 Å². The molecule has 0 radical (unpaired) electrons. The molecular weight excluding hydrogens is 328 g/mol. The van der Waals surface area contributed by atoms with E-state index < -0.39 is 16.0 Å². The van der Waals surface area contributed by atoms with Crippen molar-refractivity contribution in [2.75, 3.05) is 33.3 Å². The number of nitrogens with zero attached hydrogens (tertiary/aromatic N) is 1. The Morgan fingerprint density at radius 1 is 1.25 bits per heavy atom. The molecule has 134 valence electrons. The van der Waals surface area contributed by atoms with Crippen molar-refractivity contribution in [1.82, 2.24) is 9.62 Å². The number of likely N-dealkylation sites (N-methyl/N-ethyl adjacent to an activating group) is 1. The molecule has 6 nitrogen and oxygen atoms in total. The molecule has 0 bridgehead atoms. The lowest BCUT2D eigenvalue weighted by Crippen LogP contribution is -2.33. The highest BCUT2D eigenvalue weighted by atomic mass is 32.2. The molecule has 0 amide bonds. The van der Waals surface area contributed by atoms with Gasteiger partial charge in [-0.1, -0.05) is 12.1 Å². The van der Waals surface area contributed by atoms with Crippen LogP contribution in [0.1, 0.15) is 25.3 Å². The van der Waals surface area contributed by atoms with E-state index in [4.69, 9.17) is 4.74 Å². The Morgan fingerprint density at radius 2 is 1.88 bits per heavy atom. The van der Waals surface area contributed by atoms with E-state index >= 15 is 0 Å². The number of ether oxygens (including phenoxy) is 1. The quantitative estimate of drug-likeness (QED) is 0.750. The van der Waals surface area contributed by atoms with Crippen LogP contribution in [0.2, 0.25) is 0 Å². The van der Waals surface area contributed by atoms with Gasteiger partial charge in [0.15, 0.2) is 0 Å². The maximum atomic E-state index is 12.5. The van der Waals surface area contributed by atoms with Crippen molar-refractivity contribution in [3.05, 3.63) is 29.8 Å². The molecule has 1 aliphatic rings. The van der Waals surface area contributed by atoms with Crippen LogP contribution in [0.5, 0.6) is 0 Å². The van der Waals surface area contributed by atoms with Gasteiger partial charge in [-0.3, -0.25) is 4.79 Å². The number of sulfonamides is 1. The Balaban J connectivity index is 2.01. The molecular formula is C17H26N2O4S. The van der Waals surface area contributed by atoms with Gasteiger partial charge in [-0.05, 0) is 62.9 Å². The van der Waals surface area contributed by atoms with E-state index in [0.717, 1.165) is 42.2 Å². The maximum Gasteiger partial charge on any atom is 0.321 e. The Kier molecular flexibility index (Phi) is 6.77. The van der Waals surface area contributed by atoms with Crippen molar-refractivity contribution in [3.63, 3.8) is 0 Å². The van der Waals surface area contributed by atoms with Gasteiger partial charge in [-0.25, -0.2) is 8.42 Å². The molecule has 1 saturated heterocycles. The number of rotatable bonds is 7. The van der Waals surface area contributed by atoms with Crippen LogP contribution in [-0.2, 0) is 26.0 Å². The number of nitrogens with one attached hydrogen (secondary N) is 1. The highest BCUT2D eigenvalue weighted by molar-refractivity contribution is 7.89. The van der Waals surface area contributed by atoms with Crippen molar-refractivity contribution < 1.29 is 17.9 Å². The van der Waals surface area contributed by atoms with Crippen molar-refractivity contribution in [3.8, 4) is 0 Å². The molecule has 1 fully saturated rings. The Morgan fingerprint density at radius 3 is 2.46 bits per heavy atom. The summed E-state index contributed by atoms with van der Waals surface area (Å²) in [6.07, 6.45) is 3.28. The molecule has 1 aromatic carbocycles. The second-order valence-corrected chi connectivity index (χ2v) is 8.15. The lowest BCUT2D eigenvalue weighted by molar-refractivity contribution is -0.143. The summed E-state index contributed by atoms with van der Waals surface area (Å²) in [6.45, 7) is 3.74. The van der Waals surface area contributed by atoms with Gasteiger partial charge in [-0.15, -0.1) is 0 Å². The molecule has 0 saturated carbocycles. The van der Waals surface area contributed by atoms with Gasteiger partial charge in [0.1, 0.15) is 6.54 Å². The highest BCUT2D eigenvalue weighted by Crippen LogP contribution is 2.20. The third-order valence-electron chi connectivity index (χ3n) is 4.27. The van der Waals surface area contributed by atoms with Crippen LogP contribution in [0.25, 0.3) is 0 Å². The lowest BCUT2D eigenvalue weighted by atomic mass is 9.91. The average Bonchev–Trinajstić information content (AvgIpc) is 2.56. The van der Waals surface area contributed by atoms with Crippen LogP contribution in [0.4, 0.5) is 0 Å². The van der Waals surface area contributed by atoms with E-state index in [-0.39, 0.29) is 18.0 Å². The first-order valence-corrected chi connectivity index (χ1v) is 9.79. The molecule has 1 heterocycles. The van der Waals surface area contributed by atoms with Gasteiger partial charge < -0.3 is 10.1 Å².